The lowest BCUT2D eigenvalue weighted by atomic mass is 9.69. The third-order valence-corrected chi connectivity index (χ3v) is 5.43. The highest BCUT2D eigenvalue weighted by molar-refractivity contribution is 4.86. The summed E-state index contributed by atoms with van der Waals surface area (Å²) in [5.41, 5.74) is 0. The second-order valence-electron chi connectivity index (χ2n) is 6.57. The van der Waals surface area contributed by atoms with E-state index in [0.717, 1.165) is 11.8 Å². The summed E-state index contributed by atoms with van der Waals surface area (Å²) in [7, 11) is 0. The molecule has 0 spiro atoms. The summed E-state index contributed by atoms with van der Waals surface area (Å²) in [5.74, 6) is 1.95. The average Bonchev–Trinajstić information content (AvgIpc) is 2.40. The molecule has 0 aromatic heterocycles. The second kappa shape index (κ2) is 5.73. The molecule has 0 aromatic carbocycles. The van der Waals surface area contributed by atoms with Crippen molar-refractivity contribution in [2.45, 2.75) is 89.3 Å². The van der Waals surface area contributed by atoms with Crippen LogP contribution in [0.25, 0.3) is 0 Å². The van der Waals surface area contributed by atoms with Crippen molar-refractivity contribution in [1.82, 2.24) is 0 Å². The van der Waals surface area contributed by atoms with Gasteiger partial charge in [0.1, 0.15) is 0 Å². The van der Waals surface area contributed by atoms with Gasteiger partial charge in [0.25, 0.3) is 0 Å². The van der Waals surface area contributed by atoms with Crippen LogP contribution in [-0.4, -0.2) is 12.2 Å². The average molecular weight is 236 g/mol. The van der Waals surface area contributed by atoms with Gasteiger partial charge in [0.05, 0.1) is 12.2 Å². The van der Waals surface area contributed by atoms with Crippen molar-refractivity contribution in [1.29, 1.82) is 0 Å². The van der Waals surface area contributed by atoms with Crippen LogP contribution in [0.3, 0.4) is 0 Å². The van der Waals surface area contributed by atoms with Crippen molar-refractivity contribution >= 4 is 0 Å². The Hall–Kier alpha value is -0.0400. The van der Waals surface area contributed by atoms with Gasteiger partial charge >= 0.3 is 0 Å². The van der Waals surface area contributed by atoms with Gasteiger partial charge in [-0.25, -0.2) is 0 Å². The predicted octanol–water partition coefficient (Wildman–Crippen LogP) is 4.69. The van der Waals surface area contributed by atoms with Gasteiger partial charge in [-0.1, -0.05) is 44.9 Å². The smallest absolute Gasteiger partial charge is 0.0609 e. The molecule has 3 unspecified atom stereocenters. The van der Waals surface area contributed by atoms with Crippen molar-refractivity contribution in [2.75, 3.05) is 0 Å². The lowest BCUT2D eigenvalue weighted by Crippen LogP contribution is -2.39. The van der Waals surface area contributed by atoms with E-state index in [9.17, 15) is 0 Å². The van der Waals surface area contributed by atoms with Gasteiger partial charge in [-0.15, -0.1) is 0 Å². The van der Waals surface area contributed by atoms with Crippen LogP contribution in [0.5, 0.6) is 0 Å². The number of fused-ring (bicyclic) bond motifs is 1. The molecule has 3 aliphatic carbocycles. The normalized spacial score (nSPS) is 39.9. The third-order valence-electron chi connectivity index (χ3n) is 5.43. The molecule has 0 aliphatic heterocycles. The standard InChI is InChI=1S/C16H28O/c1-2-9-14(10-3-1)17-16-12-6-8-13-7-4-5-11-15(13)16/h13-16H,1-12H2. The molecule has 98 valence electrons. The van der Waals surface area contributed by atoms with Gasteiger partial charge in [0, 0.05) is 0 Å². The molecule has 0 saturated heterocycles. The first-order valence-corrected chi connectivity index (χ1v) is 8.09. The SMILES string of the molecule is C1CCC(OC2CCCC3CCCCC32)CC1. The van der Waals surface area contributed by atoms with Gasteiger partial charge in [-0.3, -0.25) is 0 Å². The van der Waals surface area contributed by atoms with Crippen molar-refractivity contribution < 1.29 is 4.74 Å². The van der Waals surface area contributed by atoms with Crippen LogP contribution < -0.4 is 0 Å². The summed E-state index contributed by atoms with van der Waals surface area (Å²) in [6.45, 7) is 0. The van der Waals surface area contributed by atoms with E-state index in [-0.39, 0.29) is 0 Å². The van der Waals surface area contributed by atoms with Gasteiger partial charge < -0.3 is 4.74 Å². The highest BCUT2D eigenvalue weighted by Gasteiger charge is 2.36. The van der Waals surface area contributed by atoms with Gasteiger partial charge in [-0.2, -0.15) is 0 Å². The number of hydrogen-bond acceptors (Lipinski definition) is 1. The van der Waals surface area contributed by atoms with Crippen LogP contribution in [0.15, 0.2) is 0 Å². The fourth-order valence-electron chi connectivity index (χ4n) is 4.50. The molecule has 3 fully saturated rings. The van der Waals surface area contributed by atoms with E-state index in [1.807, 2.05) is 0 Å². The molecule has 0 N–H and O–H groups in total. The molecule has 0 heterocycles. The lowest BCUT2D eigenvalue weighted by Gasteiger charge is -2.43. The summed E-state index contributed by atoms with van der Waals surface area (Å²) in [6, 6.07) is 0. The molecule has 3 aliphatic rings. The van der Waals surface area contributed by atoms with Crippen molar-refractivity contribution in [3.8, 4) is 0 Å². The van der Waals surface area contributed by atoms with Crippen LogP contribution in [0.2, 0.25) is 0 Å². The molecule has 0 radical (unpaired) electrons. The van der Waals surface area contributed by atoms with Crippen molar-refractivity contribution in [2.24, 2.45) is 11.8 Å². The van der Waals surface area contributed by atoms with Crippen LogP contribution in [0.1, 0.15) is 77.0 Å². The summed E-state index contributed by atoms with van der Waals surface area (Å²) >= 11 is 0. The molecule has 3 atom stereocenters. The topological polar surface area (TPSA) is 9.23 Å². The third kappa shape index (κ3) is 2.86. The molecular weight excluding hydrogens is 208 g/mol. The second-order valence-corrected chi connectivity index (χ2v) is 6.57. The minimum Gasteiger partial charge on any atom is -0.375 e. The maximum absolute atomic E-state index is 6.50. The van der Waals surface area contributed by atoms with Crippen LogP contribution in [0, 0.1) is 11.8 Å². The van der Waals surface area contributed by atoms with E-state index in [0.29, 0.717) is 12.2 Å². The van der Waals surface area contributed by atoms with E-state index < -0.39 is 0 Å². The number of rotatable bonds is 2. The first-order chi connectivity index (χ1) is 8.43. The van der Waals surface area contributed by atoms with Gasteiger partial charge in [0.15, 0.2) is 0 Å². The Labute approximate surface area is 106 Å². The molecule has 1 heteroatoms. The van der Waals surface area contributed by atoms with Crippen LogP contribution >= 0.6 is 0 Å². The van der Waals surface area contributed by atoms with Crippen LogP contribution in [0.4, 0.5) is 0 Å². The number of ether oxygens (including phenoxy) is 1. The zero-order chi connectivity index (χ0) is 11.5. The lowest BCUT2D eigenvalue weighted by molar-refractivity contribution is -0.0952. The van der Waals surface area contributed by atoms with E-state index in [2.05, 4.69) is 0 Å². The van der Waals surface area contributed by atoms with E-state index in [1.165, 1.54) is 77.0 Å². The molecule has 0 bridgehead atoms. The summed E-state index contributed by atoms with van der Waals surface area (Å²) in [4.78, 5) is 0. The largest absolute Gasteiger partial charge is 0.375 e. The minimum atomic E-state index is 0.620. The van der Waals surface area contributed by atoms with Gasteiger partial charge in [-0.05, 0) is 43.9 Å². The van der Waals surface area contributed by atoms with Gasteiger partial charge in [0.2, 0.25) is 0 Å². The zero-order valence-corrected chi connectivity index (χ0v) is 11.2. The first kappa shape index (κ1) is 12.0. The Morgan fingerprint density at radius 2 is 1.29 bits per heavy atom. The predicted molar refractivity (Wildman–Crippen MR) is 71.0 cm³/mol. The fraction of sp³-hybridized carbons (Fsp3) is 1.00. The van der Waals surface area contributed by atoms with Crippen LogP contribution in [-0.2, 0) is 4.74 Å². The number of hydrogen-bond donors (Lipinski definition) is 0. The summed E-state index contributed by atoms with van der Waals surface area (Å²) in [6.07, 6.45) is 18.4. The minimum absolute atomic E-state index is 0.620. The molecule has 0 aromatic rings. The van der Waals surface area contributed by atoms with E-state index in [1.54, 1.807) is 0 Å². The Bertz CT molecular complexity index is 230. The van der Waals surface area contributed by atoms with Crippen molar-refractivity contribution in [3.05, 3.63) is 0 Å². The van der Waals surface area contributed by atoms with E-state index in [4.69, 9.17) is 4.74 Å². The highest BCUT2D eigenvalue weighted by atomic mass is 16.5. The molecule has 1 nitrogen and oxygen atoms in total. The Kier molecular flexibility index (Phi) is 4.05. The van der Waals surface area contributed by atoms with Crippen molar-refractivity contribution in [3.63, 3.8) is 0 Å². The maximum Gasteiger partial charge on any atom is 0.0609 e. The Balaban J connectivity index is 1.56. The molecule has 3 rings (SSSR count). The molecular formula is C16H28O. The Morgan fingerprint density at radius 3 is 2.18 bits per heavy atom. The monoisotopic (exact) mass is 236 g/mol. The zero-order valence-electron chi connectivity index (χ0n) is 11.2. The quantitative estimate of drug-likeness (QED) is 0.675. The summed E-state index contributed by atoms with van der Waals surface area (Å²) < 4.78 is 6.50. The Morgan fingerprint density at radius 1 is 0.588 bits per heavy atom. The molecule has 3 saturated carbocycles. The fourth-order valence-corrected chi connectivity index (χ4v) is 4.50. The van der Waals surface area contributed by atoms with E-state index >= 15 is 0 Å². The summed E-state index contributed by atoms with van der Waals surface area (Å²) in [5, 5.41) is 0. The highest BCUT2D eigenvalue weighted by Crippen LogP contribution is 2.42. The molecule has 17 heavy (non-hydrogen) atoms. The first-order valence-electron chi connectivity index (χ1n) is 8.09. The maximum atomic E-state index is 6.50. The molecule has 0 amide bonds.